The molecule has 8 heteroatoms. The van der Waals surface area contributed by atoms with Crippen LogP contribution in [0.3, 0.4) is 0 Å². The highest BCUT2D eigenvalue weighted by molar-refractivity contribution is 5.96. The van der Waals surface area contributed by atoms with Crippen molar-refractivity contribution >= 4 is 11.6 Å². The van der Waals surface area contributed by atoms with Gasteiger partial charge in [-0.25, -0.2) is 4.79 Å². The Morgan fingerprint density at radius 2 is 1.75 bits per heavy atom. The summed E-state index contributed by atoms with van der Waals surface area (Å²) in [4.78, 5) is 26.0. The standard InChI is InChI=1S/C24H21NO7/c1-13-11-19-21(24(27)31-13)20(14-3-6-16(28-2)7-4-14)22(32-19)23(26)25-15-5-8-17-18(12-15)30-10-9-29-17/h3-8,11-12,20,22H,9-10H2,1-2H3,(H,25,26)/t20-,22+/m0/s1. The Kier molecular flexibility index (Phi) is 4.97. The van der Waals surface area contributed by atoms with Crippen LogP contribution in [0.5, 0.6) is 23.0 Å². The molecular formula is C24H21NO7. The third-order valence-corrected chi connectivity index (χ3v) is 5.48. The summed E-state index contributed by atoms with van der Waals surface area (Å²) in [6.07, 6.45) is -0.962. The first-order chi connectivity index (χ1) is 15.5. The van der Waals surface area contributed by atoms with Gasteiger partial charge in [0.2, 0.25) is 0 Å². The van der Waals surface area contributed by atoms with Gasteiger partial charge in [0, 0.05) is 17.8 Å². The van der Waals surface area contributed by atoms with E-state index in [0.29, 0.717) is 53.2 Å². The number of ether oxygens (including phenoxy) is 4. The van der Waals surface area contributed by atoms with E-state index < -0.39 is 23.6 Å². The molecule has 0 saturated carbocycles. The van der Waals surface area contributed by atoms with Gasteiger partial charge in [0.1, 0.15) is 30.5 Å². The van der Waals surface area contributed by atoms with Crippen molar-refractivity contribution in [3.05, 3.63) is 75.8 Å². The fraction of sp³-hybridized carbons (Fsp3) is 0.250. The van der Waals surface area contributed by atoms with Crippen molar-refractivity contribution in [1.82, 2.24) is 0 Å². The zero-order valence-electron chi connectivity index (χ0n) is 17.5. The molecule has 5 rings (SSSR count). The van der Waals surface area contributed by atoms with Crippen molar-refractivity contribution in [1.29, 1.82) is 0 Å². The Morgan fingerprint density at radius 1 is 1.00 bits per heavy atom. The first-order valence-corrected chi connectivity index (χ1v) is 10.2. The fourth-order valence-electron chi connectivity index (χ4n) is 4.02. The van der Waals surface area contributed by atoms with Gasteiger partial charge in [-0.3, -0.25) is 4.79 Å². The maximum atomic E-state index is 13.3. The predicted octanol–water partition coefficient (Wildman–Crippen LogP) is 3.26. The fourth-order valence-corrected chi connectivity index (χ4v) is 4.02. The minimum Gasteiger partial charge on any atom is -0.497 e. The Hall–Kier alpha value is -3.94. The van der Waals surface area contributed by atoms with Crippen molar-refractivity contribution in [3.8, 4) is 23.0 Å². The van der Waals surface area contributed by atoms with Gasteiger partial charge in [-0.15, -0.1) is 0 Å². The second-order valence-corrected chi connectivity index (χ2v) is 7.56. The lowest BCUT2D eigenvalue weighted by molar-refractivity contribution is -0.122. The van der Waals surface area contributed by atoms with E-state index >= 15 is 0 Å². The van der Waals surface area contributed by atoms with Crippen LogP contribution in [0.4, 0.5) is 5.69 Å². The van der Waals surface area contributed by atoms with Gasteiger partial charge in [0.25, 0.3) is 5.91 Å². The first-order valence-electron chi connectivity index (χ1n) is 10.2. The van der Waals surface area contributed by atoms with E-state index in [9.17, 15) is 9.59 Å². The summed E-state index contributed by atoms with van der Waals surface area (Å²) in [6.45, 7) is 2.59. The number of rotatable bonds is 4. The zero-order chi connectivity index (χ0) is 22.2. The molecule has 0 fully saturated rings. The second-order valence-electron chi connectivity index (χ2n) is 7.56. The lowest BCUT2D eigenvalue weighted by atomic mass is 9.88. The highest BCUT2D eigenvalue weighted by Gasteiger charge is 2.43. The molecular weight excluding hydrogens is 414 g/mol. The molecule has 3 aromatic rings. The highest BCUT2D eigenvalue weighted by atomic mass is 16.6. The second kappa shape index (κ2) is 7.96. The molecule has 32 heavy (non-hydrogen) atoms. The minimum absolute atomic E-state index is 0.322. The van der Waals surface area contributed by atoms with E-state index in [1.807, 2.05) is 12.1 Å². The summed E-state index contributed by atoms with van der Waals surface area (Å²) in [5.41, 5.74) is 1.08. The summed E-state index contributed by atoms with van der Waals surface area (Å²) >= 11 is 0. The Bertz CT molecular complexity index is 1230. The van der Waals surface area contributed by atoms with Crippen molar-refractivity contribution in [3.63, 3.8) is 0 Å². The van der Waals surface area contributed by atoms with E-state index in [0.717, 1.165) is 5.56 Å². The summed E-state index contributed by atoms with van der Waals surface area (Å²) in [5.74, 6) is 1.59. The molecule has 8 nitrogen and oxygen atoms in total. The van der Waals surface area contributed by atoms with Crippen LogP contribution < -0.4 is 29.9 Å². The molecule has 0 radical (unpaired) electrons. The Balaban J connectivity index is 1.49. The summed E-state index contributed by atoms with van der Waals surface area (Å²) in [7, 11) is 1.57. The monoisotopic (exact) mass is 435 g/mol. The third-order valence-electron chi connectivity index (χ3n) is 5.48. The van der Waals surface area contributed by atoms with Gasteiger partial charge < -0.3 is 28.7 Å². The summed E-state index contributed by atoms with van der Waals surface area (Å²) in [5, 5.41) is 2.87. The molecule has 2 aliphatic heterocycles. The highest BCUT2D eigenvalue weighted by Crippen LogP contribution is 2.42. The largest absolute Gasteiger partial charge is 0.497 e. The normalized spacial score (nSPS) is 18.4. The average Bonchev–Trinajstić information content (AvgIpc) is 3.19. The Labute approximate surface area is 183 Å². The van der Waals surface area contributed by atoms with Gasteiger partial charge in [-0.05, 0) is 36.8 Å². The van der Waals surface area contributed by atoms with Gasteiger partial charge in [0.15, 0.2) is 17.6 Å². The quantitative estimate of drug-likeness (QED) is 0.672. The number of benzene rings is 2. The van der Waals surface area contributed by atoms with Gasteiger partial charge in [0.05, 0.1) is 18.6 Å². The molecule has 2 atom stereocenters. The van der Waals surface area contributed by atoms with Gasteiger partial charge >= 0.3 is 5.63 Å². The van der Waals surface area contributed by atoms with E-state index in [1.165, 1.54) is 0 Å². The summed E-state index contributed by atoms with van der Waals surface area (Å²) < 4.78 is 27.6. The number of anilines is 1. The van der Waals surface area contributed by atoms with Crippen LogP contribution in [0.1, 0.15) is 22.8 Å². The SMILES string of the molecule is COc1ccc([C@H]2c3c(cc(C)oc3=O)O[C@H]2C(=O)Nc2ccc3c(c2)OCCO3)cc1. The number of carbonyl (C=O) groups excluding carboxylic acids is 1. The number of amides is 1. The van der Waals surface area contributed by atoms with Crippen LogP contribution in [0.15, 0.2) is 57.7 Å². The Morgan fingerprint density at radius 3 is 2.50 bits per heavy atom. The lowest BCUT2D eigenvalue weighted by Crippen LogP contribution is -2.35. The first kappa shape index (κ1) is 20.0. The minimum atomic E-state index is -0.962. The molecule has 0 aliphatic carbocycles. The van der Waals surface area contributed by atoms with Crippen molar-refractivity contribution in [2.45, 2.75) is 18.9 Å². The molecule has 0 saturated heterocycles. The van der Waals surface area contributed by atoms with Crippen LogP contribution >= 0.6 is 0 Å². The molecule has 0 bridgehead atoms. The number of methoxy groups -OCH3 is 1. The van der Waals surface area contributed by atoms with E-state index in [4.69, 9.17) is 23.4 Å². The third kappa shape index (κ3) is 3.53. The van der Waals surface area contributed by atoms with Gasteiger partial charge in [-0.1, -0.05) is 12.1 Å². The maximum Gasteiger partial charge on any atom is 0.343 e. The van der Waals surface area contributed by atoms with Crippen molar-refractivity contribution < 1.29 is 28.2 Å². The van der Waals surface area contributed by atoms with Crippen LogP contribution in [0.2, 0.25) is 0 Å². The molecule has 2 aromatic carbocycles. The average molecular weight is 435 g/mol. The number of hydrogen-bond acceptors (Lipinski definition) is 7. The molecule has 2 aliphatic rings. The number of aryl methyl sites for hydroxylation is 1. The molecule has 3 heterocycles. The number of carbonyl (C=O) groups is 1. The number of fused-ring (bicyclic) bond motifs is 2. The van der Waals surface area contributed by atoms with Crippen molar-refractivity contribution in [2.75, 3.05) is 25.6 Å². The van der Waals surface area contributed by atoms with Crippen molar-refractivity contribution in [2.24, 2.45) is 0 Å². The molecule has 1 amide bonds. The topological polar surface area (TPSA) is 96.2 Å². The smallest absolute Gasteiger partial charge is 0.343 e. The van der Waals surface area contributed by atoms with E-state index in [-0.39, 0.29) is 0 Å². The molecule has 164 valence electrons. The molecule has 0 unspecified atom stereocenters. The molecule has 1 N–H and O–H groups in total. The number of nitrogens with one attached hydrogen (secondary N) is 1. The molecule has 1 aromatic heterocycles. The zero-order valence-corrected chi connectivity index (χ0v) is 17.5. The maximum absolute atomic E-state index is 13.3. The van der Waals surface area contributed by atoms with E-state index in [1.54, 1.807) is 50.4 Å². The predicted molar refractivity (Wildman–Crippen MR) is 115 cm³/mol. The van der Waals surface area contributed by atoms with Gasteiger partial charge in [-0.2, -0.15) is 0 Å². The number of hydrogen-bond donors (Lipinski definition) is 1. The van der Waals surface area contributed by atoms with Crippen LogP contribution in [-0.4, -0.2) is 32.3 Å². The lowest BCUT2D eigenvalue weighted by Gasteiger charge is -2.21. The van der Waals surface area contributed by atoms with E-state index in [2.05, 4.69) is 5.32 Å². The van der Waals surface area contributed by atoms with Crippen LogP contribution in [0.25, 0.3) is 0 Å². The van der Waals surface area contributed by atoms with Crippen LogP contribution in [-0.2, 0) is 4.79 Å². The molecule has 0 spiro atoms. The summed E-state index contributed by atoms with van der Waals surface area (Å²) in [6, 6.07) is 14.0. The van der Waals surface area contributed by atoms with Crippen LogP contribution in [0, 0.1) is 6.92 Å².